The summed E-state index contributed by atoms with van der Waals surface area (Å²) in [5.74, 6) is -0.0429. The highest BCUT2D eigenvalue weighted by atomic mass is 16.5. The van der Waals surface area contributed by atoms with Gasteiger partial charge in [-0.2, -0.15) is 0 Å². The zero-order valence-corrected chi connectivity index (χ0v) is 8.09. The molecule has 0 aromatic carbocycles. The van der Waals surface area contributed by atoms with Crippen LogP contribution in [0, 0.1) is 0 Å². The molecule has 0 aromatic rings. The first-order valence-corrected chi connectivity index (χ1v) is 4.16. The fourth-order valence-corrected chi connectivity index (χ4v) is 0.665. The van der Waals surface area contributed by atoms with Crippen molar-refractivity contribution >= 4 is 5.91 Å². The van der Waals surface area contributed by atoms with Gasteiger partial charge in [0.25, 0.3) is 0 Å². The molecule has 0 saturated heterocycles. The lowest BCUT2D eigenvalue weighted by Crippen LogP contribution is -2.33. The standard InChI is InChI=1S/C8H18N2O2/c1-4-12-7-8(11)9-5-6-10(2)3/h4-7H2,1-3H3,(H,9,11). The van der Waals surface area contributed by atoms with E-state index in [1.54, 1.807) is 0 Å². The predicted molar refractivity (Wildman–Crippen MR) is 48.1 cm³/mol. The lowest BCUT2D eigenvalue weighted by atomic mass is 10.5. The van der Waals surface area contributed by atoms with E-state index in [9.17, 15) is 4.79 Å². The van der Waals surface area contributed by atoms with Gasteiger partial charge in [0.15, 0.2) is 0 Å². The van der Waals surface area contributed by atoms with Crippen LogP contribution in [-0.2, 0) is 9.53 Å². The van der Waals surface area contributed by atoms with Crippen molar-refractivity contribution in [2.24, 2.45) is 0 Å². The van der Waals surface area contributed by atoms with Crippen molar-refractivity contribution in [2.75, 3.05) is 40.4 Å². The Balaban J connectivity index is 3.20. The normalized spacial score (nSPS) is 10.3. The van der Waals surface area contributed by atoms with E-state index in [0.717, 1.165) is 6.54 Å². The smallest absolute Gasteiger partial charge is 0.246 e. The summed E-state index contributed by atoms with van der Waals surface area (Å²) in [6.07, 6.45) is 0. The Hall–Kier alpha value is -0.610. The summed E-state index contributed by atoms with van der Waals surface area (Å²) in [6, 6.07) is 0. The second kappa shape index (κ2) is 7.06. The Kier molecular flexibility index (Phi) is 6.70. The maximum Gasteiger partial charge on any atom is 0.246 e. The van der Waals surface area contributed by atoms with E-state index in [1.807, 2.05) is 25.9 Å². The molecule has 4 nitrogen and oxygen atoms in total. The number of likely N-dealkylation sites (N-methyl/N-ethyl adjacent to an activating group) is 1. The Morgan fingerprint density at radius 2 is 2.17 bits per heavy atom. The maximum absolute atomic E-state index is 10.9. The van der Waals surface area contributed by atoms with Gasteiger partial charge in [-0.25, -0.2) is 0 Å². The molecule has 0 unspecified atom stereocenters. The van der Waals surface area contributed by atoms with Crippen molar-refractivity contribution in [3.05, 3.63) is 0 Å². The van der Waals surface area contributed by atoms with Crippen LogP contribution in [0.25, 0.3) is 0 Å². The molecular weight excluding hydrogens is 156 g/mol. The molecule has 12 heavy (non-hydrogen) atoms. The number of carbonyl (C=O) groups is 1. The third-order valence-corrected chi connectivity index (χ3v) is 1.32. The van der Waals surface area contributed by atoms with Crippen LogP contribution in [0.3, 0.4) is 0 Å². The molecule has 0 aromatic heterocycles. The molecule has 1 amide bonds. The zero-order valence-electron chi connectivity index (χ0n) is 8.09. The van der Waals surface area contributed by atoms with Crippen LogP contribution in [0.4, 0.5) is 0 Å². The lowest BCUT2D eigenvalue weighted by Gasteiger charge is -2.09. The molecule has 0 spiro atoms. The molecule has 0 aliphatic heterocycles. The van der Waals surface area contributed by atoms with Crippen molar-refractivity contribution in [3.63, 3.8) is 0 Å². The number of rotatable bonds is 6. The van der Waals surface area contributed by atoms with Gasteiger partial charge in [0.1, 0.15) is 6.61 Å². The largest absolute Gasteiger partial charge is 0.372 e. The molecule has 0 radical (unpaired) electrons. The summed E-state index contributed by atoms with van der Waals surface area (Å²) in [4.78, 5) is 12.9. The zero-order chi connectivity index (χ0) is 9.40. The minimum atomic E-state index is -0.0429. The van der Waals surface area contributed by atoms with E-state index >= 15 is 0 Å². The molecule has 0 saturated carbocycles. The molecule has 4 heteroatoms. The topological polar surface area (TPSA) is 41.6 Å². The number of amides is 1. The highest BCUT2D eigenvalue weighted by molar-refractivity contribution is 5.77. The predicted octanol–water partition coefficient (Wildman–Crippen LogP) is -0.299. The summed E-state index contributed by atoms with van der Waals surface area (Å²) in [5, 5.41) is 2.74. The van der Waals surface area contributed by atoms with Crippen molar-refractivity contribution in [1.29, 1.82) is 0 Å². The van der Waals surface area contributed by atoms with Gasteiger partial charge in [0, 0.05) is 19.7 Å². The van der Waals surface area contributed by atoms with Gasteiger partial charge in [-0.3, -0.25) is 4.79 Å². The Labute approximate surface area is 73.9 Å². The van der Waals surface area contributed by atoms with Gasteiger partial charge < -0.3 is 15.0 Å². The van der Waals surface area contributed by atoms with Crippen LogP contribution in [0.1, 0.15) is 6.92 Å². The fourth-order valence-electron chi connectivity index (χ4n) is 0.665. The van der Waals surface area contributed by atoms with Crippen molar-refractivity contribution in [1.82, 2.24) is 10.2 Å². The molecule has 0 bridgehead atoms. The van der Waals surface area contributed by atoms with Crippen LogP contribution in [-0.4, -0.2) is 51.2 Å². The number of nitrogens with zero attached hydrogens (tertiary/aromatic N) is 1. The van der Waals surface area contributed by atoms with Crippen molar-refractivity contribution in [3.8, 4) is 0 Å². The van der Waals surface area contributed by atoms with E-state index < -0.39 is 0 Å². The molecular formula is C8H18N2O2. The first-order valence-electron chi connectivity index (χ1n) is 4.16. The molecule has 72 valence electrons. The number of nitrogens with one attached hydrogen (secondary N) is 1. The van der Waals surface area contributed by atoms with E-state index in [-0.39, 0.29) is 12.5 Å². The molecule has 0 atom stereocenters. The van der Waals surface area contributed by atoms with Crippen LogP contribution >= 0.6 is 0 Å². The van der Waals surface area contributed by atoms with Gasteiger partial charge in [-0.15, -0.1) is 0 Å². The summed E-state index contributed by atoms with van der Waals surface area (Å²) in [7, 11) is 3.93. The number of hydrogen-bond donors (Lipinski definition) is 1. The first-order chi connectivity index (χ1) is 5.66. The lowest BCUT2D eigenvalue weighted by molar-refractivity contribution is -0.125. The van der Waals surface area contributed by atoms with Crippen LogP contribution in [0.5, 0.6) is 0 Å². The third kappa shape index (κ3) is 7.50. The average molecular weight is 174 g/mol. The number of hydrogen-bond acceptors (Lipinski definition) is 3. The minimum absolute atomic E-state index is 0.0429. The molecule has 0 fully saturated rings. The van der Waals surface area contributed by atoms with Crippen LogP contribution in [0.2, 0.25) is 0 Å². The Morgan fingerprint density at radius 3 is 2.67 bits per heavy atom. The van der Waals surface area contributed by atoms with E-state index in [4.69, 9.17) is 4.74 Å². The van der Waals surface area contributed by atoms with E-state index in [0.29, 0.717) is 13.2 Å². The Morgan fingerprint density at radius 1 is 1.50 bits per heavy atom. The second-order valence-electron chi connectivity index (χ2n) is 2.79. The molecule has 0 aliphatic carbocycles. The Bertz CT molecular complexity index is 126. The highest BCUT2D eigenvalue weighted by Gasteiger charge is 1.98. The van der Waals surface area contributed by atoms with Gasteiger partial charge in [-0.1, -0.05) is 0 Å². The summed E-state index contributed by atoms with van der Waals surface area (Å²) < 4.78 is 4.93. The monoisotopic (exact) mass is 174 g/mol. The molecule has 0 aliphatic rings. The second-order valence-corrected chi connectivity index (χ2v) is 2.79. The summed E-state index contributed by atoms with van der Waals surface area (Å²) in [6.45, 7) is 4.16. The first kappa shape index (κ1) is 11.4. The van der Waals surface area contributed by atoms with Crippen LogP contribution in [0.15, 0.2) is 0 Å². The fraction of sp³-hybridized carbons (Fsp3) is 0.875. The molecule has 0 rings (SSSR count). The van der Waals surface area contributed by atoms with E-state index in [2.05, 4.69) is 5.32 Å². The van der Waals surface area contributed by atoms with Crippen LogP contribution < -0.4 is 5.32 Å². The minimum Gasteiger partial charge on any atom is -0.372 e. The van der Waals surface area contributed by atoms with Gasteiger partial charge >= 0.3 is 0 Å². The van der Waals surface area contributed by atoms with Crippen molar-refractivity contribution in [2.45, 2.75) is 6.92 Å². The molecule has 1 N–H and O–H groups in total. The summed E-state index contributed by atoms with van der Waals surface area (Å²) >= 11 is 0. The quantitative estimate of drug-likeness (QED) is 0.601. The van der Waals surface area contributed by atoms with E-state index in [1.165, 1.54) is 0 Å². The maximum atomic E-state index is 10.9. The molecule has 0 heterocycles. The van der Waals surface area contributed by atoms with Crippen molar-refractivity contribution < 1.29 is 9.53 Å². The average Bonchev–Trinajstić information content (AvgIpc) is 2.00. The summed E-state index contributed by atoms with van der Waals surface area (Å²) in [5.41, 5.74) is 0. The SMILES string of the molecule is CCOCC(=O)NCCN(C)C. The number of carbonyl (C=O) groups excluding carboxylic acids is 1. The van der Waals surface area contributed by atoms with Gasteiger partial charge in [-0.05, 0) is 21.0 Å². The highest BCUT2D eigenvalue weighted by Crippen LogP contribution is 1.75. The number of ether oxygens (including phenoxy) is 1. The van der Waals surface area contributed by atoms with Gasteiger partial charge in [0.2, 0.25) is 5.91 Å². The third-order valence-electron chi connectivity index (χ3n) is 1.32. The van der Waals surface area contributed by atoms with Gasteiger partial charge in [0.05, 0.1) is 0 Å².